The van der Waals surface area contributed by atoms with E-state index < -0.39 is 0 Å². The average Bonchev–Trinajstić information content (AvgIpc) is 2.60. The van der Waals surface area contributed by atoms with Crippen molar-refractivity contribution in [2.45, 2.75) is 6.54 Å². The number of fused-ring (bicyclic) bond motifs is 1. The SMILES string of the molecule is NNCc1ccn2ncc(C=O)c2c1. The van der Waals surface area contributed by atoms with Crippen molar-refractivity contribution in [1.82, 2.24) is 15.0 Å². The highest BCUT2D eigenvalue weighted by Gasteiger charge is 2.02. The van der Waals surface area contributed by atoms with Gasteiger partial charge < -0.3 is 0 Å². The normalized spacial score (nSPS) is 10.6. The molecule has 72 valence electrons. The molecule has 0 unspecified atom stereocenters. The van der Waals surface area contributed by atoms with Crippen molar-refractivity contribution in [3.05, 3.63) is 35.7 Å². The van der Waals surface area contributed by atoms with Gasteiger partial charge in [-0.15, -0.1) is 0 Å². The maximum absolute atomic E-state index is 10.7. The Balaban J connectivity index is 2.55. The van der Waals surface area contributed by atoms with Crippen LogP contribution in [0.2, 0.25) is 0 Å². The van der Waals surface area contributed by atoms with Gasteiger partial charge in [-0.2, -0.15) is 5.10 Å². The third-order valence-corrected chi connectivity index (χ3v) is 2.05. The molecule has 5 heteroatoms. The molecule has 0 aliphatic heterocycles. The molecule has 0 amide bonds. The quantitative estimate of drug-likeness (QED) is 0.409. The topological polar surface area (TPSA) is 72.4 Å². The molecule has 2 aromatic heterocycles. The summed E-state index contributed by atoms with van der Waals surface area (Å²) in [6.07, 6.45) is 4.14. The summed E-state index contributed by atoms with van der Waals surface area (Å²) >= 11 is 0. The maximum atomic E-state index is 10.7. The van der Waals surface area contributed by atoms with Crippen molar-refractivity contribution in [1.29, 1.82) is 0 Å². The number of nitrogens with zero attached hydrogens (tertiary/aromatic N) is 2. The molecule has 0 saturated carbocycles. The van der Waals surface area contributed by atoms with Crippen LogP contribution >= 0.6 is 0 Å². The number of aromatic nitrogens is 2. The minimum atomic E-state index is 0.569. The summed E-state index contributed by atoms with van der Waals surface area (Å²) in [6, 6.07) is 3.78. The summed E-state index contributed by atoms with van der Waals surface area (Å²) in [7, 11) is 0. The largest absolute Gasteiger partial charge is 0.298 e. The highest BCUT2D eigenvalue weighted by Crippen LogP contribution is 2.10. The second kappa shape index (κ2) is 3.57. The second-order valence-electron chi connectivity index (χ2n) is 2.96. The van der Waals surface area contributed by atoms with Crippen molar-refractivity contribution >= 4 is 11.8 Å². The van der Waals surface area contributed by atoms with Crippen molar-refractivity contribution in [2.75, 3.05) is 0 Å². The van der Waals surface area contributed by atoms with Gasteiger partial charge >= 0.3 is 0 Å². The Labute approximate surface area is 80.5 Å². The summed E-state index contributed by atoms with van der Waals surface area (Å²) in [5.74, 6) is 5.21. The number of pyridine rings is 1. The van der Waals surface area contributed by atoms with E-state index in [1.54, 1.807) is 16.9 Å². The Morgan fingerprint density at radius 3 is 3.21 bits per heavy atom. The number of hydrogen-bond acceptors (Lipinski definition) is 4. The van der Waals surface area contributed by atoms with E-state index in [9.17, 15) is 4.79 Å². The molecule has 0 spiro atoms. The fourth-order valence-corrected chi connectivity index (χ4v) is 1.36. The van der Waals surface area contributed by atoms with Crippen LogP contribution in [0.25, 0.3) is 5.52 Å². The van der Waals surface area contributed by atoms with E-state index in [1.165, 1.54) is 0 Å². The van der Waals surface area contributed by atoms with Crippen LogP contribution in [-0.2, 0) is 6.54 Å². The van der Waals surface area contributed by atoms with E-state index in [0.29, 0.717) is 12.1 Å². The molecule has 0 atom stereocenters. The lowest BCUT2D eigenvalue weighted by molar-refractivity contribution is 0.112. The number of nitrogens with two attached hydrogens (primary N) is 1. The summed E-state index contributed by atoms with van der Waals surface area (Å²) in [5.41, 5.74) is 4.96. The number of carbonyl (C=O) groups is 1. The molecule has 0 saturated heterocycles. The third-order valence-electron chi connectivity index (χ3n) is 2.05. The van der Waals surface area contributed by atoms with E-state index in [0.717, 1.165) is 17.4 Å². The molecule has 14 heavy (non-hydrogen) atoms. The second-order valence-corrected chi connectivity index (χ2v) is 2.96. The average molecular weight is 190 g/mol. The lowest BCUT2D eigenvalue weighted by Gasteiger charge is -2.00. The van der Waals surface area contributed by atoms with Crippen LogP contribution in [0.1, 0.15) is 15.9 Å². The molecule has 0 bridgehead atoms. The van der Waals surface area contributed by atoms with Crippen LogP contribution in [0.5, 0.6) is 0 Å². The first-order valence-electron chi connectivity index (χ1n) is 4.20. The fraction of sp³-hybridized carbons (Fsp3) is 0.111. The van der Waals surface area contributed by atoms with Gasteiger partial charge in [0.15, 0.2) is 6.29 Å². The van der Waals surface area contributed by atoms with Crippen LogP contribution in [0, 0.1) is 0 Å². The molecule has 0 aliphatic carbocycles. The van der Waals surface area contributed by atoms with E-state index in [2.05, 4.69) is 10.5 Å². The maximum Gasteiger partial charge on any atom is 0.153 e. The number of hydrazine groups is 1. The predicted molar refractivity (Wildman–Crippen MR) is 51.6 cm³/mol. The zero-order valence-corrected chi connectivity index (χ0v) is 7.47. The van der Waals surface area contributed by atoms with E-state index in [-0.39, 0.29) is 0 Å². The third kappa shape index (κ3) is 1.39. The molecule has 0 aromatic carbocycles. The van der Waals surface area contributed by atoms with E-state index >= 15 is 0 Å². The van der Waals surface area contributed by atoms with Crippen molar-refractivity contribution < 1.29 is 4.79 Å². The van der Waals surface area contributed by atoms with Gasteiger partial charge in [0, 0.05) is 12.7 Å². The van der Waals surface area contributed by atoms with Gasteiger partial charge in [-0.05, 0) is 17.7 Å². The number of carbonyl (C=O) groups excluding carboxylic acids is 1. The first-order chi connectivity index (χ1) is 6.85. The number of nitrogens with one attached hydrogen (secondary N) is 1. The molecular formula is C9H10N4O. The molecule has 2 heterocycles. The number of rotatable bonds is 3. The lowest BCUT2D eigenvalue weighted by Crippen LogP contribution is -2.20. The number of hydrogen-bond donors (Lipinski definition) is 2. The molecule has 2 aromatic rings. The Kier molecular flexibility index (Phi) is 2.26. The lowest BCUT2D eigenvalue weighted by atomic mass is 10.2. The van der Waals surface area contributed by atoms with Crippen molar-refractivity contribution in [3.8, 4) is 0 Å². The minimum Gasteiger partial charge on any atom is -0.298 e. The van der Waals surface area contributed by atoms with E-state index in [1.807, 2.05) is 12.1 Å². The molecule has 0 radical (unpaired) electrons. The molecule has 3 N–H and O–H groups in total. The van der Waals surface area contributed by atoms with E-state index in [4.69, 9.17) is 5.84 Å². The van der Waals surface area contributed by atoms with Gasteiger partial charge in [0.1, 0.15) is 0 Å². The Morgan fingerprint density at radius 2 is 2.50 bits per heavy atom. The van der Waals surface area contributed by atoms with Crippen LogP contribution < -0.4 is 11.3 Å². The van der Waals surface area contributed by atoms with Gasteiger partial charge in [-0.1, -0.05) is 0 Å². The van der Waals surface area contributed by atoms with Crippen LogP contribution in [0.15, 0.2) is 24.5 Å². The van der Waals surface area contributed by atoms with Crippen LogP contribution in [0.4, 0.5) is 0 Å². The molecule has 2 rings (SSSR count). The first kappa shape index (κ1) is 8.86. The zero-order valence-electron chi connectivity index (χ0n) is 7.47. The smallest absolute Gasteiger partial charge is 0.153 e. The summed E-state index contributed by atoms with van der Waals surface area (Å²) < 4.78 is 1.66. The Hall–Kier alpha value is -1.72. The summed E-state index contributed by atoms with van der Waals surface area (Å²) in [6.45, 7) is 0.569. The fourth-order valence-electron chi connectivity index (χ4n) is 1.36. The van der Waals surface area contributed by atoms with Crippen LogP contribution in [0.3, 0.4) is 0 Å². The standard InChI is InChI=1S/C9H10N4O/c10-11-4-7-1-2-13-9(3-7)8(6-14)5-12-13/h1-3,5-6,11H,4,10H2. The van der Waals surface area contributed by atoms with Crippen LogP contribution in [-0.4, -0.2) is 15.9 Å². The zero-order chi connectivity index (χ0) is 9.97. The van der Waals surface area contributed by atoms with Gasteiger partial charge in [-0.25, -0.2) is 4.52 Å². The van der Waals surface area contributed by atoms with Crippen molar-refractivity contribution in [3.63, 3.8) is 0 Å². The van der Waals surface area contributed by atoms with Crippen molar-refractivity contribution in [2.24, 2.45) is 5.84 Å². The molecule has 0 aliphatic rings. The molecule has 5 nitrogen and oxygen atoms in total. The van der Waals surface area contributed by atoms with Gasteiger partial charge in [-0.3, -0.25) is 16.1 Å². The summed E-state index contributed by atoms with van der Waals surface area (Å²) in [5, 5.41) is 4.02. The Morgan fingerprint density at radius 1 is 1.64 bits per heavy atom. The van der Waals surface area contributed by atoms with Gasteiger partial charge in [0.05, 0.1) is 17.3 Å². The summed E-state index contributed by atoms with van der Waals surface area (Å²) in [4.78, 5) is 10.7. The first-order valence-corrected chi connectivity index (χ1v) is 4.20. The van der Waals surface area contributed by atoms with Gasteiger partial charge in [0.25, 0.3) is 0 Å². The molecule has 0 fully saturated rings. The monoisotopic (exact) mass is 190 g/mol. The minimum absolute atomic E-state index is 0.569. The van der Waals surface area contributed by atoms with Gasteiger partial charge in [0.2, 0.25) is 0 Å². The highest BCUT2D eigenvalue weighted by molar-refractivity contribution is 5.85. The Bertz CT molecular complexity index is 463. The highest BCUT2D eigenvalue weighted by atomic mass is 16.1. The molecular weight excluding hydrogens is 180 g/mol. The predicted octanol–water partition coefficient (Wildman–Crippen LogP) is 0.110. The number of aldehydes is 1.